The van der Waals surface area contributed by atoms with Crippen LogP contribution >= 0.6 is 0 Å². The van der Waals surface area contributed by atoms with Crippen LogP contribution in [0, 0.1) is 5.82 Å². The normalized spacial score (nSPS) is 21.3. The first-order chi connectivity index (χ1) is 10.9. The number of nitrogens with zero attached hydrogens (tertiary/aromatic N) is 1. The van der Waals surface area contributed by atoms with E-state index in [4.69, 9.17) is 4.74 Å². The third-order valence-corrected chi connectivity index (χ3v) is 6.03. The number of amides is 1. The lowest BCUT2D eigenvalue weighted by atomic mass is 9.93. The van der Waals surface area contributed by atoms with E-state index in [0.29, 0.717) is 37.2 Å². The number of benzene rings is 1. The van der Waals surface area contributed by atoms with Gasteiger partial charge in [-0.3, -0.25) is 4.90 Å². The average molecular weight is 342 g/mol. The number of rotatable bonds is 4. The molecule has 1 aromatic carbocycles. The van der Waals surface area contributed by atoms with E-state index >= 15 is 0 Å². The van der Waals surface area contributed by atoms with Gasteiger partial charge in [0.05, 0.1) is 24.7 Å². The number of sulfone groups is 1. The summed E-state index contributed by atoms with van der Waals surface area (Å²) in [4.78, 5) is 12.8. The minimum Gasteiger partial charge on any atom is -0.447 e. The van der Waals surface area contributed by atoms with E-state index in [9.17, 15) is 17.6 Å². The molecule has 0 spiro atoms. The molecule has 2 saturated heterocycles. The molecule has 0 aromatic heterocycles. The van der Waals surface area contributed by atoms with E-state index < -0.39 is 9.84 Å². The highest BCUT2D eigenvalue weighted by Gasteiger charge is 2.26. The van der Waals surface area contributed by atoms with Crippen molar-refractivity contribution in [3.8, 4) is 0 Å². The SMILES string of the molecule is O=C1OCCN1CNc1ccc(C2CCS(=O)(=O)CC2)c(F)c1. The molecule has 1 N–H and O–H groups in total. The van der Waals surface area contributed by atoms with Crippen LogP contribution in [0.2, 0.25) is 0 Å². The van der Waals surface area contributed by atoms with Crippen LogP contribution < -0.4 is 5.32 Å². The van der Waals surface area contributed by atoms with Gasteiger partial charge in [-0.05, 0) is 36.5 Å². The van der Waals surface area contributed by atoms with Crippen molar-refractivity contribution in [2.75, 3.05) is 36.6 Å². The molecule has 0 unspecified atom stereocenters. The zero-order chi connectivity index (χ0) is 16.4. The molecule has 0 radical (unpaired) electrons. The Kier molecular flexibility index (Phi) is 4.43. The number of anilines is 1. The second kappa shape index (κ2) is 6.35. The van der Waals surface area contributed by atoms with Crippen LogP contribution in [-0.2, 0) is 14.6 Å². The second-order valence-electron chi connectivity index (χ2n) is 5.88. The Hall–Kier alpha value is -1.83. The van der Waals surface area contributed by atoms with Gasteiger partial charge >= 0.3 is 6.09 Å². The standard InChI is InChI=1S/C15H19FN2O4S/c16-14-9-12(17-10-18-5-6-22-15(18)19)1-2-13(14)11-3-7-23(20,21)8-4-11/h1-2,9,11,17H,3-8,10H2. The Labute approximate surface area is 134 Å². The number of nitrogens with one attached hydrogen (secondary N) is 1. The molecule has 1 aromatic rings. The van der Waals surface area contributed by atoms with Gasteiger partial charge in [0.1, 0.15) is 22.3 Å². The van der Waals surface area contributed by atoms with Crippen molar-refractivity contribution in [1.29, 1.82) is 0 Å². The number of carbonyl (C=O) groups is 1. The molecular weight excluding hydrogens is 323 g/mol. The first-order valence-corrected chi connectivity index (χ1v) is 9.42. The number of carbonyl (C=O) groups excluding carboxylic acids is 1. The summed E-state index contributed by atoms with van der Waals surface area (Å²) in [5.41, 5.74) is 1.14. The zero-order valence-electron chi connectivity index (χ0n) is 12.6. The number of hydrogen-bond acceptors (Lipinski definition) is 5. The Morgan fingerprint density at radius 3 is 2.65 bits per heavy atom. The highest BCUT2D eigenvalue weighted by Crippen LogP contribution is 2.31. The summed E-state index contributed by atoms with van der Waals surface area (Å²) in [6.45, 7) is 1.15. The molecule has 0 saturated carbocycles. The van der Waals surface area contributed by atoms with Gasteiger partial charge in [0.25, 0.3) is 0 Å². The van der Waals surface area contributed by atoms with E-state index in [-0.39, 0.29) is 36.0 Å². The number of halogens is 1. The monoisotopic (exact) mass is 342 g/mol. The molecule has 2 fully saturated rings. The van der Waals surface area contributed by atoms with Gasteiger partial charge in [0.2, 0.25) is 0 Å². The fourth-order valence-electron chi connectivity index (χ4n) is 2.93. The number of hydrogen-bond donors (Lipinski definition) is 1. The molecule has 8 heteroatoms. The van der Waals surface area contributed by atoms with E-state index in [1.54, 1.807) is 12.1 Å². The topological polar surface area (TPSA) is 75.7 Å². The lowest BCUT2D eigenvalue weighted by Gasteiger charge is -2.23. The summed E-state index contributed by atoms with van der Waals surface area (Å²) in [6.07, 6.45) is 0.551. The van der Waals surface area contributed by atoms with Crippen LogP contribution in [0.25, 0.3) is 0 Å². The number of ether oxygens (including phenoxy) is 1. The third-order valence-electron chi connectivity index (χ3n) is 4.31. The first-order valence-electron chi connectivity index (χ1n) is 7.60. The molecule has 23 heavy (non-hydrogen) atoms. The Morgan fingerprint density at radius 2 is 2.04 bits per heavy atom. The van der Waals surface area contributed by atoms with Gasteiger partial charge in [0.15, 0.2) is 0 Å². The van der Waals surface area contributed by atoms with Crippen molar-refractivity contribution < 1.29 is 22.3 Å². The van der Waals surface area contributed by atoms with Crippen molar-refractivity contribution in [3.05, 3.63) is 29.6 Å². The van der Waals surface area contributed by atoms with Crippen molar-refractivity contribution in [2.24, 2.45) is 0 Å². The minimum absolute atomic E-state index is 0.0545. The van der Waals surface area contributed by atoms with Crippen molar-refractivity contribution in [3.63, 3.8) is 0 Å². The molecule has 0 aliphatic carbocycles. The first kappa shape index (κ1) is 16.0. The maximum absolute atomic E-state index is 14.3. The van der Waals surface area contributed by atoms with Crippen LogP contribution in [0.4, 0.5) is 14.9 Å². The summed E-state index contributed by atoms with van der Waals surface area (Å²) in [6, 6.07) is 4.84. The molecule has 2 aliphatic heterocycles. The molecular formula is C15H19FN2O4S. The summed E-state index contributed by atoms with van der Waals surface area (Å²) in [5, 5.41) is 2.99. The molecule has 0 atom stereocenters. The van der Waals surface area contributed by atoms with Crippen LogP contribution in [0.1, 0.15) is 24.3 Å². The maximum Gasteiger partial charge on any atom is 0.411 e. The van der Waals surface area contributed by atoms with Crippen molar-refractivity contribution in [2.45, 2.75) is 18.8 Å². The van der Waals surface area contributed by atoms with E-state index in [1.165, 1.54) is 11.0 Å². The molecule has 3 rings (SSSR count). The fraction of sp³-hybridized carbons (Fsp3) is 0.533. The molecule has 126 valence electrons. The Balaban J connectivity index is 1.63. The highest BCUT2D eigenvalue weighted by atomic mass is 32.2. The smallest absolute Gasteiger partial charge is 0.411 e. The van der Waals surface area contributed by atoms with Gasteiger partial charge in [-0.15, -0.1) is 0 Å². The lowest BCUT2D eigenvalue weighted by Crippen LogP contribution is -2.30. The van der Waals surface area contributed by atoms with Gasteiger partial charge in [-0.2, -0.15) is 0 Å². The summed E-state index contributed by atoms with van der Waals surface area (Å²) in [7, 11) is -2.95. The van der Waals surface area contributed by atoms with Crippen LogP contribution in [0.5, 0.6) is 0 Å². The maximum atomic E-state index is 14.3. The predicted molar refractivity (Wildman–Crippen MR) is 83.6 cm³/mol. The van der Waals surface area contributed by atoms with Crippen LogP contribution in [0.3, 0.4) is 0 Å². The van der Waals surface area contributed by atoms with E-state index in [1.807, 2.05) is 0 Å². The zero-order valence-corrected chi connectivity index (χ0v) is 13.4. The molecule has 0 bridgehead atoms. The third kappa shape index (κ3) is 3.74. The van der Waals surface area contributed by atoms with Crippen LogP contribution in [-0.4, -0.2) is 50.7 Å². The van der Waals surface area contributed by atoms with Gasteiger partial charge in [0, 0.05) is 5.69 Å². The van der Waals surface area contributed by atoms with Crippen molar-refractivity contribution in [1.82, 2.24) is 4.90 Å². The van der Waals surface area contributed by atoms with Gasteiger partial charge in [-0.1, -0.05) is 6.07 Å². The van der Waals surface area contributed by atoms with Crippen molar-refractivity contribution >= 4 is 21.6 Å². The summed E-state index contributed by atoms with van der Waals surface area (Å²) in [5.74, 6) is -0.160. The molecule has 2 aliphatic rings. The predicted octanol–water partition coefficient (Wildman–Crippen LogP) is 1.94. The fourth-order valence-corrected chi connectivity index (χ4v) is 4.42. The molecule has 1 amide bonds. The largest absolute Gasteiger partial charge is 0.447 e. The van der Waals surface area contributed by atoms with E-state index in [0.717, 1.165) is 0 Å². The second-order valence-corrected chi connectivity index (χ2v) is 8.18. The highest BCUT2D eigenvalue weighted by molar-refractivity contribution is 7.91. The molecule has 6 nitrogen and oxygen atoms in total. The number of cyclic esters (lactones) is 1. The minimum atomic E-state index is -2.95. The Bertz CT molecular complexity index is 693. The lowest BCUT2D eigenvalue weighted by molar-refractivity contribution is 0.160. The van der Waals surface area contributed by atoms with Gasteiger partial charge in [-0.25, -0.2) is 17.6 Å². The molecule has 2 heterocycles. The quantitative estimate of drug-likeness (QED) is 0.905. The van der Waals surface area contributed by atoms with Gasteiger partial charge < -0.3 is 10.1 Å². The summed E-state index contributed by atoms with van der Waals surface area (Å²) >= 11 is 0. The average Bonchev–Trinajstić information content (AvgIpc) is 2.91. The van der Waals surface area contributed by atoms with Crippen LogP contribution in [0.15, 0.2) is 18.2 Å². The van der Waals surface area contributed by atoms with E-state index in [2.05, 4.69) is 5.32 Å². The summed E-state index contributed by atoms with van der Waals surface area (Å²) < 4.78 is 42.0. The Morgan fingerprint density at radius 1 is 1.30 bits per heavy atom.